The summed E-state index contributed by atoms with van der Waals surface area (Å²) < 4.78 is 32.8. The first-order valence-corrected chi connectivity index (χ1v) is 7.93. The summed E-state index contributed by atoms with van der Waals surface area (Å²) >= 11 is 0. The van der Waals surface area contributed by atoms with E-state index in [1.807, 2.05) is 0 Å². The fraction of sp³-hybridized carbons (Fsp3) is 0.357. The maximum absolute atomic E-state index is 12.5. The lowest BCUT2D eigenvalue weighted by atomic mass is 10.2. The predicted molar refractivity (Wildman–Crippen MR) is 81.2 cm³/mol. The highest BCUT2D eigenvalue weighted by Crippen LogP contribution is 2.19. The molecule has 1 aliphatic heterocycles. The van der Waals surface area contributed by atoms with Crippen molar-refractivity contribution in [3.8, 4) is 0 Å². The van der Waals surface area contributed by atoms with Crippen LogP contribution in [0.2, 0.25) is 0 Å². The van der Waals surface area contributed by atoms with Crippen LogP contribution in [-0.2, 0) is 14.8 Å². The van der Waals surface area contributed by atoms with Gasteiger partial charge >= 0.3 is 0 Å². The van der Waals surface area contributed by atoms with Crippen molar-refractivity contribution >= 4 is 16.2 Å². The van der Waals surface area contributed by atoms with Gasteiger partial charge in [-0.3, -0.25) is 4.99 Å². The van der Waals surface area contributed by atoms with Crippen LogP contribution in [0, 0.1) is 6.92 Å². The quantitative estimate of drug-likeness (QED) is 0.883. The van der Waals surface area contributed by atoms with Gasteiger partial charge in [0.2, 0.25) is 15.9 Å². The Morgan fingerprint density at radius 1 is 1.29 bits per heavy atom. The minimum atomic E-state index is -3.68. The molecule has 7 heteroatoms. The second-order valence-corrected chi connectivity index (χ2v) is 6.73. The van der Waals surface area contributed by atoms with Gasteiger partial charge in [0.05, 0.1) is 17.7 Å². The molecule has 21 heavy (non-hydrogen) atoms. The van der Waals surface area contributed by atoms with Crippen LogP contribution >= 0.6 is 0 Å². The average molecular weight is 309 g/mol. The van der Waals surface area contributed by atoms with Gasteiger partial charge in [0, 0.05) is 6.21 Å². The first-order chi connectivity index (χ1) is 9.77. The standard InChI is InChI=1S/C14H19N3O3S/c1-10-7-5-6-8-12(10)21(18,19)17-14(3)9-15-11(2)13(16-14)20-4/h5-9,16-17H,1-4H3. The Kier molecular flexibility index (Phi) is 4.06. The van der Waals surface area contributed by atoms with Gasteiger partial charge in [-0.05, 0) is 32.4 Å². The maximum atomic E-state index is 12.5. The Hall–Kier alpha value is -1.86. The summed E-state index contributed by atoms with van der Waals surface area (Å²) in [5.74, 6) is 0.437. The van der Waals surface area contributed by atoms with E-state index >= 15 is 0 Å². The van der Waals surface area contributed by atoms with Crippen LogP contribution < -0.4 is 10.0 Å². The van der Waals surface area contributed by atoms with E-state index in [-0.39, 0.29) is 4.90 Å². The highest BCUT2D eigenvalue weighted by molar-refractivity contribution is 7.89. The molecule has 0 radical (unpaired) electrons. The number of benzene rings is 1. The normalized spacial score (nSPS) is 22.1. The van der Waals surface area contributed by atoms with Gasteiger partial charge in [0.25, 0.3) is 0 Å². The Balaban J connectivity index is 2.30. The highest BCUT2D eigenvalue weighted by Gasteiger charge is 2.33. The molecular formula is C14H19N3O3S. The Morgan fingerprint density at radius 3 is 2.57 bits per heavy atom. The molecule has 0 saturated heterocycles. The third-order valence-corrected chi connectivity index (χ3v) is 4.88. The summed E-state index contributed by atoms with van der Waals surface area (Å²) in [5, 5.41) is 2.99. The monoisotopic (exact) mass is 309 g/mol. The summed E-state index contributed by atoms with van der Waals surface area (Å²) in [5.41, 5.74) is 0.288. The second kappa shape index (κ2) is 5.50. The van der Waals surface area contributed by atoms with Gasteiger partial charge in [-0.2, -0.15) is 4.72 Å². The third-order valence-electron chi connectivity index (χ3n) is 3.15. The summed E-state index contributed by atoms with van der Waals surface area (Å²) in [6.07, 6.45) is 1.51. The van der Waals surface area contributed by atoms with Crippen LogP contribution in [0.5, 0.6) is 0 Å². The molecule has 114 valence electrons. The topological polar surface area (TPSA) is 79.8 Å². The minimum absolute atomic E-state index is 0.242. The zero-order chi connectivity index (χ0) is 15.7. The number of hydrogen-bond donors (Lipinski definition) is 2. The molecule has 0 spiro atoms. The molecule has 1 aliphatic rings. The van der Waals surface area contributed by atoms with Crippen LogP contribution in [0.4, 0.5) is 0 Å². The van der Waals surface area contributed by atoms with E-state index in [2.05, 4.69) is 15.0 Å². The lowest BCUT2D eigenvalue weighted by molar-refractivity contribution is 0.230. The molecule has 1 aromatic rings. The minimum Gasteiger partial charge on any atom is -0.481 e. The number of nitrogens with one attached hydrogen (secondary N) is 2. The van der Waals surface area contributed by atoms with E-state index in [0.29, 0.717) is 17.1 Å². The van der Waals surface area contributed by atoms with Crippen molar-refractivity contribution in [3.63, 3.8) is 0 Å². The Bertz CT molecular complexity index is 710. The van der Waals surface area contributed by atoms with Crippen molar-refractivity contribution in [2.75, 3.05) is 7.11 Å². The number of sulfonamides is 1. The molecular weight excluding hydrogens is 290 g/mol. The molecule has 1 atom stereocenters. The largest absolute Gasteiger partial charge is 0.481 e. The highest BCUT2D eigenvalue weighted by atomic mass is 32.2. The molecule has 0 aliphatic carbocycles. The number of ether oxygens (including phenoxy) is 1. The molecule has 0 saturated carbocycles. The SMILES string of the molecule is COC1=C(C)N=CC(C)(NS(=O)(=O)c2ccccc2C)N1. The molecule has 6 nitrogen and oxygen atoms in total. The van der Waals surface area contributed by atoms with Gasteiger partial charge in [0.1, 0.15) is 5.66 Å². The van der Waals surface area contributed by atoms with E-state index in [0.717, 1.165) is 0 Å². The number of aliphatic imine (C=N–C) groups is 1. The van der Waals surface area contributed by atoms with E-state index in [1.165, 1.54) is 13.3 Å². The molecule has 1 unspecified atom stereocenters. The fourth-order valence-electron chi connectivity index (χ4n) is 2.09. The molecule has 2 N–H and O–H groups in total. The van der Waals surface area contributed by atoms with Gasteiger partial charge in [0.15, 0.2) is 0 Å². The summed E-state index contributed by atoms with van der Waals surface area (Å²) in [6.45, 7) is 5.21. The fourth-order valence-corrected chi connectivity index (χ4v) is 3.61. The number of rotatable bonds is 4. The Labute approximate surface area is 125 Å². The maximum Gasteiger partial charge on any atom is 0.243 e. The molecule has 0 amide bonds. The van der Waals surface area contributed by atoms with Crippen LogP contribution in [0.25, 0.3) is 0 Å². The van der Waals surface area contributed by atoms with Crippen molar-refractivity contribution in [2.24, 2.45) is 4.99 Å². The van der Waals surface area contributed by atoms with E-state index in [9.17, 15) is 8.42 Å². The molecule has 2 rings (SSSR count). The van der Waals surface area contributed by atoms with Crippen LogP contribution in [0.3, 0.4) is 0 Å². The number of aryl methyl sites for hydroxylation is 1. The van der Waals surface area contributed by atoms with Crippen molar-refractivity contribution in [2.45, 2.75) is 31.3 Å². The Morgan fingerprint density at radius 2 is 1.95 bits per heavy atom. The van der Waals surface area contributed by atoms with Crippen molar-refractivity contribution in [3.05, 3.63) is 41.4 Å². The van der Waals surface area contributed by atoms with Crippen molar-refractivity contribution in [1.29, 1.82) is 0 Å². The summed E-state index contributed by atoms with van der Waals surface area (Å²) in [7, 11) is -2.18. The van der Waals surface area contributed by atoms with E-state index in [4.69, 9.17) is 4.74 Å². The van der Waals surface area contributed by atoms with Gasteiger partial charge in [-0.1, -0.05) is 18.2 Å². The number of hydrogen-bond acceptors (Lipinski definition) is 5. The molecule has 1 heterocycles. The van der Waals surface area contributed by atoms with Crippen molar-refractivity contribution in [1.82, 2.24) is 10.0 Å². The van der Waals surface area contributed by atoms with Gasteiger partial charge < -0.3 is 10.1 Å². The van der Waals surface area contributed by atoms with E-state index in [1.54, 1.807) is 45.0 Å². The second-order valence-electron chi connectivity index (χ2n) is 5.08. The number of allylic oxidation sites excluding steroid dienone is 1. The lowest BCUT2D eigenvalue weighted by Gasteiger charge is -2.32. The predicted octanol–water partition coefficient (Wildman–Crippen LogP) is 1.50. The first-order valence-electron chi connectivity index (χ1n) is 6.45. The van der Waals surface area contributed by atoms with Crippen molar-refractivity contribution < 1.29 is 13.2 Å². The lowest BCUT2D eigenvalue weighted by Crippen LogP contribution is -2.58. The zero-order valence-corrected chi connectivity index (χ0v) is 13.3. The smallest absolute Gasteiger partial charge is 0.243 e. The number of nitrogens with zero attached hydrogens (tertiary/aromatic N) is 1. The average Bonchev–Trinajstić information content (AvgIpc) is 2.41. The number of methoxy groups -OCH3 is 1. The van der Waals surface area contributed by atoms with Crippen LogP contribution in [-0.4, -0.2) is 27.4 Å². The first kappa shape index (κ1) is 15.5. The molecule has 0 aromatic heterocycles. The summed E-state index contributed by atoms with van der Waals surface area (Å²) in [6, 6.07) is 6.81. The zero-order valence-electron chi connectivity index (χ0n) is 12.5. The molecule has 1 aromatic carbocycles. The third kappa shape index (κ3) is 3.25. The molecule has 0 bridgehead atoms. The van der Waals surface area contributed by atoms with E-state index < -0.39 is 15.7 Å². The molecule has 0 fully saturated rings. The van der Waals surface area contributed by atoms with Gasteiger partial charge in [-0.25, -0.2) is 8.42 Å². The summed E-state index contributed by atoms with van der Waals surface area (Å²) in [4.78, 5) is 4.42. The van der Waals surface area contributed by atoms with Crippen LogP contribution in [0.15, 0.2) is 45.7 Å². The van der Waals surface area contributed by atoms with Gasteiger partial charge in [-0.15, -0.1) is 0 Å². The van der Waals surface area contributed by atoms with Crippen LogP contribution in [0.1, 0.15) is 19.4 Å².